The molecule has 42 heavy (non-hydrogen) atoms. The molecule has 5 amide bonds. The summed E-state index contributed by atoms with van der Waals surface area (Å²) < 4.78 is 37.4. The molecule has 0 aliphatic carbocycles. The highest BCUT2D eigenvalue weighted by Crippen LogP contribution is 2.13. The van der Waals surface area contributed by atoms with Gasteiger partial charge in [0, 0.05) is 25.7 Å². The predicted molar refractivity (Wildman–Crippen MR) is 138 cm³/mol. The van der Waals surface area contributed by atoms with Crippen molar-refractivity contribution in [1.29, 1.82) is 0 Å². The Labute approximate surface area is 243 Å². The minimum Gasteiger partial charge on any atom is -0.379 e. The Morgan fingerprint density at radius 2 is 0.762 bits per heavy atom. The number of ether oxygens (including phenoxy) is 7. The van der Waals surface area contributed by atoms with Gasteiger partial charge in [-0.2, -0.15) is 0 Å². The lowest BCUT2D eigenvalue weighted by molar-refractivity contribution is -0.198. The van der Waals surface area contributed by atoms with Crippen LogP contribution in [0.2, 0.25) is 0 Å². The van der Waals surface area contributed by atoms with Crippen molar-refractivity contribution in [3.63, 3.8) is 0 Å². The molecule has 2 aliphatic heterocycles. The van der Waals surface area contributed by atoms with E-state index < -0.39 is 35.5 Å². The zero-order valence-corrected chi connectivity index (χ0v) is 23.8. The minimum absolute atomic E-state index is 0.0326. The summed E-state index contributed by atoms with van der Waals surface area (Å²) in [5.74, 6) is -3.19. The zero-order valence-electron chi connectivity index (χ0n) is 23.8. The Bertz CT molecular complexity index is 851. The predicted octanol–water partition coefficient (Wildman–Crippen LogP) is -0.834. The van der Waals surface area contributed by atoms with Gasteiger partial charge in [-0.3, -0.25) is 24.0 Å². The highest BCUT2D eigenvalue weighted by molar-refractivity contribution is 6.15. The van der Waals surface area contributed by atoms with Crippen molar-refractivity contribution in [2.24, 2.45) is 0 Å². The fraction of sp³-hybridized carbons (Fsp3) is 0.769. The SMILES string of the molecule is O=C(CCOCCOCCOCCOCCOCCOCCOCCC(=O)N1C(=O)CCC1=O)ON1C(=O)CCC1=O. The van der Waals surface area contributed by atoms with E-state index in [0.717, 1.165) is 0 Å². The van der Waals surface area contributed by atoms with E-state index >= 15 is 0 Å². The zero-order chi connectivity index (χ0) is 30.4. The minimum atomic E-state index is -0.711. The number of hydrogen-bond acceptors (Lipinski definition) is 14. The van der Waals surface area contributed by atoms with Crippen LogP contribution in [0, 0.1) is 0 Å². The van der Waals surface area contributed by atoms with E-state index in [2.05, 4.69) is 0 Å². The summed E-state index contributed by atoms with van der Waals surface area (Å²) in [7, 11) is 0. The number of hydrogen-bond donors (Lipinski definition) is 0. The van der Waals surface area contributed by atoms with Crippen LogP contribution >= 0.6 is 0 Å². The molecule has 0 saturated carbocycles. The van der Waals surface area contributed by atoms with Crippen molar-refractivity contribution in [1.82, 2.24) is 9.96 Å². The topological polar surface area (TPSA) is 183 Å². The van der Waals surface area contributed by atoms with E-state index in [1.807, 2.05) is 0 Å². The number of rotatable bonds is 25. The quantitative estimate of drug-likeness (QED) is 0.0929. The van der Waals surface area contributed by atoms with E-state index in [-0.39, 0.29) is 65.0 Å². The van der Waals surface area contributed by atoms with Crippen LogP contribution in [0.5, 0.6) is 0 Å². The molecule has 0 aromatic rings. The first-order valence-corrected chi connectivity index (χ1v) is 13.9. The van der Waals surface area contributed by atoms with Gasteiger partial charge in [-0.05, 0) is 0 Å². The molecule has 0 spiro atoms. The van der Waals surface area contributed by atoms with E-state index in [0.29, 0.717) is 76.0 Å². The maximum absolute atomic E-state index is 11.8. The molecule has 0 aromatic heterocycles. The molecule has 2 aliphatic rings. The van der Waals surface area contributed by atoms with E-state index in [1.54, 1.807) is 0 Å². The van der Waals surface area contributed by atoms with Crippen LogP contribution in [-0.4, -0.2) is 138 Å². The Morgan fingerprint density at radius 3 is 1.14 bits per heavy atom. The van der Waals surface area contributed by atoms with Crippen molar-refractivity contribution in [2.45, 2.75) is 38.5 Å². The number of nitrogens with zero attached hydrogens (tertiary/aromatic N) is 2. The van der Waals surface area contributed by atoms with Gasteiger partial charge >= 0.3 is 5.97 Å². The lowest BCUT2D eigenvalue weighted by atomic mass is 10.4. The van der Waals surface area contributed by atoms with Gasteiger partial charge in [-0.15, -0.1) is 5.06 Å². The number of carbonyl (C=O) groups is 6. The number of likely N-dealkylation sites (tertiary alicyclic amines) is 1. The summed E-state index contributed by atoms with van der Waals surface area (Å²) in [4.78, 5) is 74.6. The third-order valence-electron chi connectivity index (χ3n) is 5.64. The molecule has 0 atom stereocenters. The third kappa shape index (κ3) is 14.9. The van der Waals surface area contributed by atoms with Gasteiger partial charge in [0.25, 0.3) is 11.8 Å². The summed E-state index contributed by atoms with van der Waals surface area (Å²) in [6.45, 7) is 4.55. The van der Waals surface area contributed by atoms with Crippen LogP contribution in [0.25, 0.3) is 0 Å². The molecule has 2 saturated heterocycles. The molecule has 0 N–H and O–H groups in total. The lowest BCUT2D eigenvalue weighted by Gasteiger charge is -2.12. The first kappa shape index (κ1) is 35.3. The molecule has 0 unspecified atom stereocenters. The van der Waals surface area contributed by atoms with Gasteiger partial charge in [0.2, 0.25) is 17.7 Å². The Hall–Kier alpha value is -2.86. The maximum atomic E-state index is 11.8. The average molecular weight is 605 g/mol. The molecule has 16 nitrogen and oxygen atoms in total. The number of imide groups is 4. The van der Waals surface area contributed by atoms with Crippen LogP contribution in [0.3, 0.4) is 0 Å². The van der Waals surface area contributed by atoms with Crippen molar-refractivity contribution < 1.29 is 66.8 Å². The first-order chi connectivity index (χ1) is 20.4. The van der Waals surface area contributed by atoms with E-state index in [9.17, 15) is 28.8 Å². The molecular weight excluding hydrogens is 564 g/mol. The highest BCUT2D eigenvalue weighted by atomic mass is 16.7. The van der Waals surface area contributed by atoms with Crippen LogP contribution in [0.1, 0.15) is 38.5 Å². The molecule has 0 bridgehead atoms. The molecule has 238 valence electrons. The van der Waals surface area contributed by atoms with Crippen LogP contribution < -0.4 is 0 Å². The van der Waals surface area contributed by atoms with Gasteiger partial charge in [-0.25, -0.2) is 9.69 Å². The molecule has 0 radical (unpaired) electrons. The van der Waals surface area contributed by atoms with Crippen LogP contribution in [0.15, 0.2) is 0 Å². The van der Waals surface area contributed by atoms with E-state index in [4.69, 9.17) is 38.0 Å². The van der Waals surface area contributed by atoms with Crippen molar-refractivity contribution in [3.05, 3.63) is 0 Å². The first-order valence-electron chi connectivity index (χ1n) is 13.9. The van der Waals surface area contributed by atoms with Crippen molar-refractivity contribution in [2.75, 3.05) is 92.5 Å². The standard InChI is InChI=1S/C26H40N2O14/c29-21-1-2-22(30)27(21)23(31)5-7-35-9-11-37-13-15-39-17-19-41-20-18-40-16-14-38-12-10-36-8-6-26(34)42-28-24(32)3-4-25(28)33/h1-20H2. The lowest BCUT2D eigenvalue weighted by Crippen LogP contribution is -2.36. The molecular formula is C26H40N2O14. The fourth-order valence-corrected chi connectivity index (χ4v) is 3.51. The monoisotopic (exact) mass is 604 g/mol. The molecule has 2 rings (SSSR count). The second-order valence-electron chi connectivity index (χ2n) is 8.85. The van der Waals surface area contributed by atoms with Gasteiger partial charge in [0.1, 0.15) is 0 Å². The summed E-state index contributed by atoms with van der Waals surface area (Å²) in [5, 5.41) is 0.507. The average Bonchev–Trinajstić information content (AvgIpc) is 3.47. The number of carbonyl (C=O) groups excluding carboxylic acids is 6. The highest BCUT2D eigenvalue weighted by Gasteiger charge is 2.34. The summed E-state index contributed by atoms with van der Waals surface area (Å²) >= 11 is 0. The van der Waals surface area contributed by atoms with Crippen LogP contribution in [0.4, 0.5) is 0 Å². The summed E-state index contributed by atoms with van der Waals surface area (Å²) in [5.41, 5.74) is 0. The normalized spacial score (nSPS) is 15.3. The van der Waals surface area contributed by atoms with Crippen molar-refractivity contribution >= 4 is 35.5 Å². The van der Waals surface area contributed by atoms with Crippen LogP contribution in [-0.2, 0) is 66.8 Å². The van der Waals surface area contributed by atoms with Crippen molar-refractivity contribution in [3.8, 4) is 0 Å². The van der Waals surface area contributed by atoms with Gasteiger partial charge in [0.05, 0.1) is 105 Å². The molecule has 16 heteroatoms. The Kier molecular flexibility index (Phi) is 18.3. The molecule has 2 heterocycles. The maximum Gasteiger partial charge on any atom is 0.335 e. The molecule has 2 fully saturated rings. The van der Waals surface area contributed by atoms with E-state index in [1.165, 1.54) is 0 Å². The Morgan fingerprint density at radius 1 is 0.452 bits per heavy atom. The number of amides is 5. The second kappa shape index (κ2) is 21.8. The Balaban J connectivity index is 1.22. The van der Waals surface area contributed by atoms with Gasteiger partial charge in [-0.1, -0.05) is 0 Å². The smallest absolute Gasteiger partial charge is 0.335 e. The fourth-order valence-electron chi connectivity index (χ4n) is 3.51. The van der Waals surface area contributed by atoms with Gasteiger partial charge in [0.15, 0.2) is 0 Å². The third-order valence-corrected chi connectivity index (χ3v) is 5.64. The van der Waals surface area contributed by atoms with Gasteiger partial charge < -0.3 is 38.0 Å². The largest absolute Gasteiger partial charge is 0.379 e. The second-order valence-corrected chi connectivity index (χ2v) is 8.85. The molecule has 0 aromatic carbocycles. The summed E-state index contributed by atoms with van der Waals surface area (Å²) in [6.07, 6.45) is 0.151. The number of hydroxylamine groups is 2. The summed E-state index contributed by atoms with van der Waals surface area (Å²) in [6, 6.07) is 0.